The molecule has 0 radical (unpaired) electrons. The van der Waals surface area contributed by atoms with Gasteiger partial charge in [-0.2, -0.15) is 0 Å². The number of pyridine rings is 1. The van der Waals surface area contributed by atoms with Crippen molar-refractivity contribution < 1.29 is 4.42 Å². The first-order valence-electron chi connectivity index (χ1n) is 4.84. The molecule has 0 saturated heterocycles. The zero-order valence-electron chi connectivity index (χ0n) is 8.41. The number of nitrogens with zero attached hydrogens (tertiary/aromatic N) is 1. The zero-order valence-corrected chi connectivity index (χ0v) is 11.6. The molecule has 1 N–H and O–H groups in total. The quantitative estimate of drug-likeness (QED) is 0.914. The van der Waals surface area contributed by atoms with Gasteiger partial charge in [0, 0.05) is 23.6 Å². The van der Waals surface area contributed by atoms with Crippen molar-refractivity contribution in [2.75, 3.05) is 11.9 Å². The highest BCUT2D eigenvalue weighted by Crippen LogP contribution is 2.15. The molecule has 0 spiro atoms. The normalized spacial score (nSPS) is 10.4. The van der Waals surface area contributed by atoms with Crippen molar-refractivity contribution in [3.8, 4) is 0 Å². The fourth-order valence-corrected chi connectivity index (χ4v) is 1.85. The van der Waals surface area contributed by atoms with Crippen molar-refractivity contribution in [1.82, 2.24) is 4.98 Å². The molecule has 3 nitrogen and oxygen atoms in total. The maximum atomic E-state index is 5.39. The molecule has 0 unspecified atom stereocenters. The van der Waals surface area contributed by atoms with Crippen LogP contribution in [0.2, 0.25) is 0 Å². The van der Waals surface area contributed by atoms with E-state index >= 15 is 0 Å². The monoisotopic (exact) mass is 344 g/mol. The molecule has 5 heteroatoms. The van der Waals surface area contributed by atoms with Crippen LogP contribution in [0.25, 0.3) is 0 Å². The second kappa shape index (κ2) is 5.50. The number of aromatic nitrogens is 1. The predicted octanol–water partition coefficient (Wildman–Crippen LogP) is 3.85. The molecule has 0 aliphatic carbocycles. The first kappa shape index (κ1) is 11.7. The third kappa shape index (κ3) is 3.35. The molecule has 2 aromatic heterocycles. The largest absolute Gasteiger partial charge is 0.454 e. The lowest BCUT2D eigenvalue weighted by molar-refractivity contribution is 0.491. The van der Waals surface area contributed by atoms with Crippen molar-refractivity contribution in [2.45, 2.75) is 6.42 Å². The Bertz CT molecular complexity index is 453. The topological polar surface area (TPSA) is 38.1 Å². The van der Waals surface area contributed by atoms with E-state index in [0.29, 0.717) is 0 Å². The van der Waals surface area contributed by atoms with Crippen LogP contribution in [0.1, 0.15) is 5.76 Å². The summed E-state index contributed by atoms with van der Waals surface area (Å²) in [7, 11) is 0. The van der Waals surface area contributed by atoms with Crippen molar-refractivity contribution >= 4 is 37.7 Å². The Hall–Kier alpha value is -0.810. The third-order valence-corrected chi connectivity index (χ3v) is 2.93. The summed E-state index contributed by atoms with van der Waals surface area (Å²) in [6.07, 6.45) is 2.61. The average Bonchev–Trinajstić information content (AvgIpc) is 2.67. The van der Waals surface area contributed by atoms with Crippen LogP contribution in [-0.4, -0.2) is 11.5 Å². The van der Waals surface area contributed by atoms with E-state index in [4.69, 9.17) is 4.42 Å². The van der Waals surface area contributed by atoms with Crippen molar-refractivity contribution in [1.29, 1.82) is 0 Å². The molecule has 0 bridgehead atoms. The van der Waals surface area contributed by atoms with E-state index in [1.807, 2.05) is 24.3 Å². The van der Waals surface area contributed by atoms with Crippen LogP contribution in [0, 0.1) is 0 Å². The van der Waals surface area contributed by atoms with Crippen LogP contribution in [0.5, 0.6) is 0 Å². The maximum Gasteiger partial charge on any atom is 0.169 e. The molecule has 2 aromatic rings. The first-order chi connectivity index (χ1) is 7.74. The van der Waals surface area contributed by atoms with Gasteiger partial charge in [-0.1, -0.05) is 0 Å². The van der Waals surface area contributed by atoms with Crippen LogP contribution in [0.15, 0.2) is 44.0 Å². The van der Waals surface area contributed by atoms with E-state index in [1.165, 1.54) is 0 Å². The van der Waals surface area contributed by atoms with Gasteiger partial charge in [0.05, 0.1) is 0 Å². The van der Waals surface area contributed by atoms with Gasteiger partial charge in [0.1, 0.15) is 11.6 Å². The van der Waals surface area contributed by atoms with Gasteiger partial charge < -0.3 is 9.73 Å². The molecule has 0 fully saturated rings. The molecule has 16 heavy (non-hydrogen) atoms. The second-order valence-corrected chi connectivity index (χ2v) is 4.94. The van der Waals surface area contributed by atoms with Crippen LogP contribution < -0.4 is 5.32 Å². The molecule has 0 aliphatic rings. The Morgan fingerprint density at radius 2 is 2.06 bits per heavy atom. The highest BCUT2D eigenvalue weighted by molar-refractivity contribution is 9.10. The molecule has 2 rings (SSSR count). The number of anilines is 1. The summed E-state index contributed by atoms with van der Waals surface area (Å²) in [4.78, 5) is 4.22. The SMILES string of the molecule is Brc1ccc(NCCc2ccc(Br)o2)nc1. The Morgan fingerprint density at radius 1 is 1.19 bits per heavy atom. The van der Waals surface area contributed by atoms with Crippen molar-refractivity contribution in [3.05, 3.63) is 45.4 Å². The average molecular weight is 346 g/mol. The first-order valence-corrected chi connectivity index (χ1v) is 6.42. The minimum Gasteiger partial charge on any atom is -0.454 e. The molecule has 0 aliphatic heterocycles. The van der Waals surface area contributed by atoms with Crippen molar-refractivity contribution in [2.24, 2.45) is 0 Å². The number of rotatable bonds is 4. The molecule has 2 heterocycles. The fraction of sp³-hybridized carbons (Fsp3) is 0.182. The van der Waals surface area contributed by atoms with Gasteiger partial charge in [-0.25, -0.2) is 4.98 Å². The summed E-state index contributed by atoms with van der Waals surface area (Å²) in [5.41, 5.74) is 0. The zero-order chi connectivity index (χ0) is 11.4. The number of hydrogen-bond donors (Lipinski definition) is 1. The third-order valence-electron chi connectivity index (χ3n) is 2.03. The van der Waals surface area contributed by atoms with Crippen LogP contribution in [0.3, 0.4) is 0 Å². The summed E-state index contributed by atoms with van der Waals surface area (Å²) in [6, 6.07) is 7.74. The van der Waals surface area contributed by atoms with Gasteiger partial charge in [-0.15, -0.1) is 0 Å². The second-order valence-electron chi connectivity index (χ2n) is 3.24. The highest BCUT2D eigenvalue weighted by Gasteiger charge is 1.99. The van der Waals surface area contributed by atoms with Gasteiger partial charge in [0.2, 0.25) is 0 Å². The number of furan rings is 1. The fourth-order valence-electron chi connectivity index (χ4n) is 1.28. The standard InChI is InChI=1S/C11H10Br2N2O/c12-8-1-4-11(15-7-8)14-6-5-9-2-3-10(13)16-9/h1-4,7H,5-6H2,(H,14,15). The van der Waals surface area contributed by atoms with Gasteiger partial charge in [-0.3, -0.25) is 0 Å². The summed E-state index contributed by atoms with van der Waals surface area (Å²) < 4.78 is 7.14. The van der Waals surface area contributed by atoms with E-state index in [0.717, 1.165) is 33.7 Å². The van der Waals surface area contributed by atoms with E-state index in [2.05, 4.69) is 42.2 Å². The lowest BCUT2D eigenvalue weighted by Gasteiger charge is -2.03. The Kier molecular flexibility index (Phi) is 4.01. The summed E-state index contributed by atoms with van der Waals surface area (Å²) in [6.45, 7) is 0.800. The van der Waals surface area contributed by atoms with Crippen LogP contribution >= 0.6 is 31.9 Å². The maximum absolute atomic E-state index is 5.39. The minimum absolute atomic E-state index is 0.768. The summed E-state index contributed by atoms with van der Waals surface area (Å²) in [5.74, 6) is 1.82. The summed E-state index contributed by atoms with van der Waals surface area (Å²) >= 11 is 6.61. The smallest absolute Gasteiger partial charge is 0.169 e. The molecular formula is C11H10Br2N2O. The predicted molar refractivity (Wildman–Crippen MR) is 70.5 cm³/mol. The van der Waals surface area contributed by atoms with Crippen LogP contribution in [0.4, 0.5) is 5.82 Å². The molecule has 0 atom stereocenters. The molecule has 0 aromatic carbocycles. The van der Waals surface area contributed by atoms with Crippen molar-refractivity contribution in [3.63, 3.8) is 0 Å². The Morgan fingerprint density at radius 3 is 2.69 bits per heavy atom. The molecule has 84 valence electrons. The number of nitrogens with one attached hydrogen (secondary N) is 1. The molecular weight excluding hydrogens is 336 g/mol. The van der Waals surface area contributed by atoms with E-state index in [-0.39, 0.29) is 0 Å². The lowest BCUT2D eigenvalue weighted by Crippen LogP contribution is -2.05. The number of hydrogen-bond acceptors (Lipinski definition) is 3. The lowest BCUT2D eigenvalue weighted by atomic mass is 10.3. The van der Waals surface area contributed by atoms with Gasteiger partial charge in [-0.05, 0) is 56.1 Å². The number of halogens is 2. The van der Waals surface area contributed by atoms with Gasteiger partial charge in [0.15, 0.2) is 4.67 Å². The van der Waals surface area contributed by atoms with E-state index in [1.54, 1.807) is 6.20 Å². The minimum atomic E-state index is 0.768. The molecule has 0 amide bonds. The van der Waals surface area contributed by atoms with Gasteiger partial charge >= 0.3 is 0 Å². The Balaban J connectivity index is 1.82. The highest BCUT2D eigenvalue weighted by atomic mass is 79.9. The van der Waals surface area contributed by atoms with Gasteiger partial charge in [0.25, 0.3) is 0 Å². The summed E-state index contributed by atoms with van der Waals surface area (Å²) in [5, 5.41) is 3.22. The van der Waals surface area contributed by atoms with E-state index < -0.39 is 0 Å². The van der Waals surface area contributed by atoms with Crippen LogP contribution in [-0.2, 0) is 6.42 Å². The molecule has 0 saturated carbocycles. The van der Waals surface area contributed by atoms with E-state index in [9.17, 15) is 0 Å². The Labute approximate surface area is 111 Å².